The number of halogens is 1. The third-order valence-corrected chi connectivity index (χ3v) is 4.85. The first kappa shape index (κ1) is 14.7. The maximum absolute atomic E-state index is 5.47. The Morgan fingerprint density at radius 1 is 1.09 bits per heavy atom. The molecular formula is C17H17BrN4O. The van der Waals surface area contributed by atoms with Gasteiger partial charge in [0.1, 0.15) is 0 Å². The van der Waals surface area contributed by atoms with Crippen LogP contribution < -0.4 is 10.2 Å². The molecule has 2 heterocycles. The highest BCUT2D eigenvalue weighted by Crippen LogP contribution is 2.28. The molecule has 1 aromatic heterocycles. The molecule has 0 bridgehead atoms. The van der Waals surface area contributed by atoms with Crippen molar-refractivity contribution in [3.8, 4) is 0 Å². The molecule has 118 valence electrons. The minimum atomic E-state index is 0.646. The Bertz CT molecular complexity index is 826. The van der Waals surface area contributed by atoms with Gasteiger partial charge in [-0.1, -0.05) is 46.3 Å². The summed E-state index contributed by atoms with van der Waals surface area (Å²) in [7, 11) is 0. The summed E-state index contributed by atoms with van der Waals surface area (Å²) < 4.78 is 6.57. The molecule has 1 N–H and O–H groups in total. The van der Waals surface area contributed by atoms with Gasteiger partial charge in [0, 0.05) is 30.7 Å². The third kappa shape index (κ3) is 2.96. The van der Waals surface area contributed by atoms with E-state index < -0.39 is 0 Å². The highest BCUT2D eigenvalue weighted by molar-refractivity contribution is 9.10. The molecule has 0 atom stereocenters. The van der Waals surface area contributed by atoms with Gasteiger partial charge in [-0.3, -0.25) is 0 Å². The van der Waals surface area contributed by atoms with Crippen LogP contribution in [0.1, 0.15) is 11.5 Å². The molecular weight excluding hydrogens is 356 g/mol. The lowest BCUT2D eigenvalue weighted by molar-refractivity contribution is 0.383. The summed E-state index contributed by atoms with van der Waals surface area (Å²) in [4.78, 5) is 6.72. The number of nitrogens with zero attached hydrogens (tertiary/aromatic N) is 3. The minimum Gasteiger partial charge on any atom is -0.337 e. The lowest BCUT2D eigenvalue weighted by Crippen LogP contribution is -2.44. The lowest BCUT2D eigenvalue weighted by atomic mass is 10.0. The zero-order valence-electron chi connectivity index (χ0n) is 12.6. The van der Waals surface area contributed by atoms with Crippen LogP contribution in [0.5, 0.6) is 0 Å². The van der Waals surface area contributed by atoms with Crippen molar-refractivity contribution in [2.75, 3.05) is 31.1 Å². The van der Waals surface area contributed by atoms with Crippen LogP contribution in [0.2, 0.25) is 0 Å². The van der Waals surface area contributed by atoms with E-state index in [2.05, 4.69) is 66.6 Å². The van der Waals surface area contributed by atoms with E-state index in [1.54, 1.807) is 0 Å². The molecule has 6 heteroatoms. The topological polar surface area (TPSA) is 54.2 Å². The van der Waals surface area contributed by atoms with Gasteiger partial charge < -0.3 is 14.7 Å². The van der Waals surface area contributed by atoms with Crippen molar-refractivity contribution in [1.82, 2.24) is 15.5 Å². The fourth-order valence-corrected chi connectivity index (χ4v) is 3.43. The van der Waals surface area contributed by atoms with E-state index in [4.69, 9.17) is 4.52 Å². The molecule has 3 aromatic rings. The van der Waals surface area contributed by atoms with Gasteiger partial charge in [-0.15, -0.1) is 0 Å². The molecule has 23 heavy (non-hydrogen) atoms. The molecule has 1 saturated heterocycles. The summed E-state index contributed by atoms with van der Waals surface area (Å²) in [5.74, 6) is 1.36. The van der Waals surface area contributed by atoms with Gasteiger partial charge in [-0.2, -0.15) is 4.98 Å². The van der Waals surface area contributed by atoms with Crippen LogP contribution in [0.4, 0.5) is 5.95 Å². The van der Waals surface area contributed by atoms with Crippen molar-refractivity contribution >= 4 is 32.7 Å². The molecule has 0 amide bonds. The average molecular weight is 373 g/mol. The van der Waals surface area contributed by atoms with E-state index in [-0.39, 0.29) is 0 Å². The minimum absolute atomic E-state index is 0.646. The number of hydrogen-bond donors (Lipinski definition) is 1. The number of aromatic nitrogens is 2. The second kappa shape index (κ2) is 6.29. The fourth-order valence-electron chi connectivity index (χ4n) is 2.95. The molecule has 0 spiro atoms. The predicted octanol–water partition coefficient (Wildman–Crippen LogP) is 2.99. The number of fused-ring (bicyclic) bond motifs is 1. The first-order chi connectivity index (χ1) is 11.3. The van der Waals surface area contributed by atoms with Crippen molar-refractivity contribution in [2.24, 2.45) is 0 Å². The fraction of sp³-hybridized carbons (Fsp3) is 0.294. The van der Waals surface area contributed by atoms with Crippen LogP contribution in [0.15, 0.2) is 45.4 Å². The Morgan fingerprint density at radius 2 is 1.87 bits per heavy atom. The molecule has 2 aromatic carbocycles. The number of benzene rings is 2. The summed E-state index contributed by atoms with van der Waals surface area (Å²) in [6.45, 7) is 3.75. The smallest absolute Gasteiger partial charge is 0.266 e. The maximum atomic E-state index is 5.47. The normalized spacial score (nSPS) is 15.3. The molecule has 0 unspecified atom stereocenters. The molecule has 0 aliphatic carbocycles. The Balaban J connectivity index is 1.61. The molecule has 1 aliphatic rings. The van der Waals surface area contributed by atoms with Gasteiger partial charge >= 0.3 is 0 Å². The number of nitrogens with one attached hydrogen (secondary N) is 1. The van der Waals surface area contributed by atoms with Crippen LogP contribution in [-0.2, 0) is 6.42 Å². The Labute approximate surface area is 142 Å². The zero-order valence-corrected chi connectivity index (χ0v) is 14.2. The van der Waals surface area contributed by atoms with Crippen molar-refractivity contribution in [2.45, 2.75) is 6.42 Å². The number of anilines is 1. The number of piperazine rings is 1. The third-order valence-electron chi connectivity index (χ3n) is 4.16. The second-order valence-electron chi connectivity index (χ2n) is 5.65. The Kier molecular flexibility index (Phi) is 4.01. The van der Waals surface area contributed by atoms with Crippen LogP contribution in [0.3, 0.4) is 0 Å². The molecule has 5 nitrogen and oxygen atoms in total. The van der Waals surface area contributed by atoms with Gasteiger partial charge in [0.15, 0.2) is 0 Å². The highest BCUT2D eigenvalue weighted by Gasteiger charge is 2.17. The molecule has 1 aliphatic heterocycles. The summed E-state index contributed by atoms with van der Waals surface area (Å²) in [6, 6.07) is 12.5. The second-order valence-corrected chi connectivity index (χ2v) is 6.51. The van der Waals surface area contributed by atoms with Crippen molar-refractivity contribution < 1.29 is 4.52 Å². The largest absolute Gasteiger partial charge is 0.337 e. The highest BCUT2D eigenvalue weighted by atomic mass is 79.9. The van der Waals surface area contributed by atoms with E-state index in [1.165, 1.54) is 16.3 Å². The zero-order chi connectivity index (χ0) is 15.6. The van der Waals surface area contributed by atoms with Gasteiger partial charge in [-0.05, 0) is 27.6 Å². The van der Waals surface area contributed by atoms with Crippen molar-refractivity contribution in [3.63, 3.8) is 0 Å². The van der Waals surface area contributed by atoms with E-state index in [1.807, 2.05) is 6.07 Å². The van der Waals surface area contributed by atoms with Crippen molar-refractivity contribution in [3.05, 3.63) is 52.3 Å². The number of rotatable bonds is 3. The summed E-state index contributed by atoms with van der Waals surface area (Å²) >= 11 is 3.61. The Hall–Kier alpha value is -1.92. The average Bonchev–Trinajstić information content (AvgIpc) is 3.07. The maximum Gasteiger partial charge on any atom is 0.266 e. The SMILES string of the molecule is Brc1ccc(Cc2nc(N3CCNCC3)no2)c2ccccc12. The van der Waals surface area contributed by atoms with Crippen LogP contribution in [0, 0.1) is 0 Å². The van der Waals surface area contributed by atoms with E-state index in [0.717, 1.165) is 30.7 Å². The van der Waals surface area contributed by atoms with Gasteiger partial charge in [0.25, 0.3) is 5.95 Å². The molecule has 1 fully saturated rings. The van der Waals surface area contributed by atoms with Gasteiger partial charge in [-0.25, -0.2) is 0 Å². The predicted molar refractivity (Wildman–Crippen MR) is 93.8 cm³/mol. The molecule has 4 rings (SSSR count). The van der Waals surface area contributed by atoms with Gasteiger partial charge in [0.05, 0.1) is 6.42 Å². The van der Waals surface area contributed by atoms with E-state index >= 15 is 0 Å². The quantitative estimate of drug-likeness (QED) is 0.765. The first-order valence-corrected chi connectivity index (χ1v) is 8.55. The number of hydrogen-bond acceptors (Lipinski definition) is 5. The monoisotopic (exact) mass is 372 g/mol. The summed E-state index contributed by atoms with van der Waals surface area (Å²) in [6.07, 6.45) is 0.646. The summed E-state index contributed by atoms with van der Waals surface area (Å²) in [5.41, 5.74) is 1.19. The molecule has 0 radical (unpaired) electrons. The van der Waals surface area contributed by atoms with E-state index in [0.29, 0.717) is 18.3 Å². The van der Waals surface area contributed by atoms with Crippen LogP contribution >= 0.6 is 15.9 Å². The van der Waals surface area contributed by atoms with E-state index in [9.17, 15) is 0 Å². The van der Waals surface area contributed by atoms with Crippen molar-refractivity contribution in [1.29, 1.82) is 0 Å². The lowest BCUT2D eigenvalue weighted by Gasteiger charge is -2.25. The van der Waals surface area contributed by atoms with Gasteiger partial charge in [0.2, 0.25) is 5.89 Å². The summed E-state index contributed by atoms with van der Waals surface area (Å²) in [5, 5.41) is 9.87. The van der Waals surface area contributed by atoms with Crippen LogP contribution in [-0.4, -0.2) is 36.3 Å². The Morgan fingerprint density at radius 3 is 2.70 bits per heavy atom. The first-order valence-electron chi connectivity index (χ1n) is 7.75. The van der Waals surface area contributed by atoms with Crippen LogP contribution in [0.25, 0.3) is 10.8 Å². The molecule has 0 saturated carbocycles. The standard InChI is InChI=1S/C17H17BrN4O/c18-15-6-5-12(13-3-1-2-4-14(13)15)11-16-20-17(21-23-16)22-9-7-19-8-10-22/h1-6,19H,7-11H2.